The first-order chi connectivity index (χ1) is 10.1. The molecule has 0 saturated carbocycles. The molecule has 2 N–H and O–H groups in total. The third-order valence-electron chi connectivity index (χ3n) is 3.26. The second kappa shape index (κ2) is 9.34. The molecule has 21 heavy (non-hydrogen) atoms. The Labute approximate surface area is 132 Å². The Bertz CT molecular complexity index is 477. The number of nitrogens with two attached hydrogens (primary N) is 1. The Morgan fingerprint density at radius 1 is 1.29 bits per heavy atom. The molecule has 116 valence electrons. The summed E-state index contributed by atoms with van der Waals surface area (Å²) >= 11 is 5.08. The normalized spacial score (nSPS) is 10.2. The van der Waals surface area contributed by atoms with Crippen molar-refractivity contribution in [3.63, 3.8) is 0 Å². The average Bonchev–Trinajstić information content (AvgIpc) is 2.47. The van der Waals surface area contributed by atoms with Crippen molar-refractivity contribution in [1.82, 2.24) is 0 Å². The number of hydrogen-bond donors (Lipinski definition) is 1. The van der Waals surface area contributed by atoms with Gasteiger partial charge in [0.2, 0.25) is 0 Å². The number of hydrogen-bond acceptors (Lipinski definition) is 4. The van der Waals surface area contributed by atoms with Crippen molar-refractivity contribution in [3.05, 3.63) is 29.8 Å². The molecule has 4 nitrogen and oxygen atoms in total. The number of esters is 1. The van der Waals surface area contributed by atoms with Crippen molar-refractivity contribution in [1.29, 1.82) is 0 Å². The number of para-hydroxylation sites is 1. The summed E-state index contributed by atoms with van der Waals surface area (Å²) in [6.45, 7) is 3.19. The van der Waals surface area contributed by atoms with E-state index < -0.39 is 0 Å². The van der Waals surface area contributed by atoms with Crippen LogP contribution in [0.1, 0.15) is 38.2 Å². The van der Waals surface area contributed by atoms with Gasteiger partial charge in [-0.15, -0.1) is 0 Å². The van der Waals surface area contributed by atoms with Gasteiger partial charge in [0.15, 0.2) is 0 Å². The van der Waals surface area contributed by atoms with Crippen LogP contribution in [0, 0.1) is 0 Å². The number of carbonyl (C=O) groups is 1. The van der Waals surface area contributed by atoms with E-state index in [4.69, 9.17) is 22.7 Å². The number of ether oxygens (including phenoxy) is 1. The molecule has 0 spiro atoms. The first kappa shape index (κ1) is 17.4. The van der Waals surface area contributed by atoms with Gasteiger partial charge in [0.05, 0.1) is 6.61 Å². The van der Waals surface area contributed by atoms with Crippen LogP contribution >= 0.6 is 12.2 Å². The molecule has 1 aromatic carbocycles. The largest absolute Gasteiger partial charge is 0.466 e. The highest BCUT2D eigenvalue weighted by atomic mass is 32.1. The third kappa shape index (κ3) is 6.12. The maximum Gasteiger partial charge on any atom is 0.305 e. The molecule has 0 aromatic heterocycles. The zero-order valence-electron chi connectivity index (χ0n) is 12.8. The van der Waals surface area contributed by atoms with Gasteiger partial charge in [0.25, 0.3) is 0 Å². The lowest BCUT2D eigenvalue weighted by atomic mass is 10.1. The van der Waals surface area contributed by atoms with E-state index in [1.165, 1.54) is 0 Å². The maximum absolute atomic E-state index is 11.2. The van der Waals surface area contributed by atoms with Gasteiger partial charge < -0.3 is 15.4 Å². The molecule has 0 bridgehead atoms. The first-order valence-electron chi connectivity index (χ1n) is 7.31. The Balaban J connectivity index is 2.36. The van der Waals surface area contributed by atoms with E-state index in [2.05, 4.69) is 4.90 Å². The Hall–Kier alpha value is -1.62. The third-order valence-corrected chi connectivity index (χ3v) is 3.48. The number of nitrogens with zero attached hydrogens (tertiary/aromatic N) is 1. The molecule has 0 amide bonds. The first-order valence-corrected chi connectivity index (χ1v) is 7.72. The summed E-state index contributed by atoms with van der Waals surface area (Å²) in [6.07, 6.45) is 3.38. The fourth-order valence-electron chi connectivity index (χ4n) is 2.16. The molecular weight excluding hydrogens is 284 g/mol. The highest BCUT2D eigenvalue weighted by Crippen LogP contribution is 2.19. The second-order valence-electron chi connectivity index (χ2n) is 4.92. The average molecular weight is 308 g/mol. The Morgan fingerprint density at radius 3 is 2.67 bits per heavy atom. The molecule has 0 aliphatic carbocycles. The van der Waals surface area contributed by atoms with Crippen molar-refractivity contribution >= 4 is 28.9 Å². The van der Waals surface area contributed by atoms with Crippen LogP contribution in [0.3, 0.4) is 0 Å². The lowest BCUT2D eigenvalue weighted by Crippen LogP contribution is -2.22. The lowest BCUT2D eigenvalue weighted by molar-refractivity contribution is -0.143. The van der Waals surface area contributed by atoms with Crippen LogP contribution in [-0.4, -0.2) is 31.2 Å². The predicted octanol–water partition coefficient (Wildman–Crippen LogP) is 2.88. The summed E-state index contributed by atoms with van der Waals surface area (Å²) in [6, 6.07) is 7.88. The molecule has 0 radical (unpaired) electrons. The molecular formula is C16H24N2O2S. The molecule has 0 unspecified atom stereocenters. The molecule has 0 aliphatic heterocycles. The lowest BCUT2D eigenvalue weighted by Gasteiger charge is -2.22. The summed E-state index contributed by atoms with van der Waals surface area (Å²) in [5.74, 6) is -0.107. The number of unbranched alkanes of at least 4 members (excludes halogenated alkanes) is 2. The zero-order valence-corrected chi connectivity index (χ0v) is 13.6. The Kier molecular flexibility index (Phi) is 7.75. The van der Waals surface area contributed by atoms with Gasteiger partial charge >= 0.3 is 5.97 Å². The fraction of sp³-hybridized carbons (Fsp3) is 0.500. The number of thiocarbonyl (C=S) groups is 1. The van der Waals surface area contributed by atoms with Gasteiger partial charge in [-0.05, 0) is 31.9 Å². The van der Waals surface area contributed by atoms with Crippen LogP contribution in [0.15, 0.2) is 24.3 Å². The van der Waals surface area contributed by atoms with Crippen LogP contribution in [0.4, 0.5) is 5.69 Å². The van der Waals surface area contributed by atoms with Crippen molar-refractivity contribution in [2.24, 2.45) is 5.73 Å². The fourth-order valence-corrected chi connectivity index (χ4v) is 2.34. The molecule has 1 aromatic rings. The van der Waals surface area contributed by atoms with Crippen molar-refractivity contribution in [3.8, 4) is 0 Å². The van der Waals surface area contributed by atoms with Gasteiger partial charge in [0, 0.05) is 31.3 Å². The van der Waals surface area contributed by atoms with E-state index in [1.54, 1.807) is 0 Å². The molecule has 0 saturated heterocycles. The highest BCUT2D eigenvalue weighted by Gasteiger charge is 2.08. The number of anilines is 1. The molecule has 0 heterocycles. The van der Waals surface area contributed by atoms with Gasteiger partial charge in [-0.25, -0.2) is 0 Å². The quantitative estimate of drug-likeness (QED) is 0.432. The summed E-state index contributed by atoms with van der Waals surface area (Å²) in [7, 11) is 2.03. The SMILES string of the molecule is CCOC(=O)CCCCCN(C)c1ccccc1C(N)=S. The minimum Gasteiger partial charge on any atom is -0.466 e. The number of rotatable bonds is 9. The second-order valence-corrected chi connectivity index (χ2v) is 5.36. The molecule has 1 rings (SSSR count). The highest BCUT2D eigenvalue weighted by molar-refractivity contribution is 7.80. The minimum absolute atomic E-state index is 0.107. The summed E-state index contributed by atoms with van der Waals surface area (Å²) in [5.41, 5.74) is 7.70. The van der Waals surface area contributed by atoms with Gasteiger partial charge in [0.1, 0.15) is 4.99 Å². The van der Waals surface area contributed by atoms with Crippen molar-refractivity contribution in [2.45, 2.75) is 32.6 Å². The van der Waals surface area contributed by atoms with Crippen LogP contribution < -0.4 is 10.6 Å². The van der Waals surface area contributed by atoms with Crippen LogP contribution in [0.25, 0.3) is 0 Å². The van der Waals surface area contributed by atoms with Crippen LogP contribution in [-0.2, 0) is 9.53 Å². The summed E-state index contributed by atoms with van der Waals surface area (Å²) < 4.78 is 4.90. The number of carbonyl (C=O) groups excluding carboxylic acids is 1. The molecule has 0 atom stereocenters. The molecule has 5 heteroatoms. The van der Waals surface area contributed by atoms with Gasteiger partial charge in [-0.3, -0.25) is 4.79 Å². The van der Waals surface area contributed by atoms with E-state index in [1.807, 2.05) is 38.2 Å². The standard InChI is InChI=1S/C16H24N2O2S/c1-3-20-15(19)11-5-4-8-12-18(2)14-10-7-6-9-13(14)16(17)21/h6-7,9-10H,3-5,8,11-12H2,1-2H3,(H2,17,21). The van der Waals surface area contributed by atoms with E-state index in [9.17, 15) is 4.79 Å². The summed E-state index contributed by atoms with van der Waals surface area (Å²) in [5, 5.41) is 0. The number of benzene rings is 1. The van der Waals surface area contributed by atoms with Crippen LogP contribution in [0.2, 0.25) is 0 Å². The van der Waals surface area contributed by atoms with E-state index in [0.29, 0.717) is 18.0 Å². The molecule has 0 aliphatic rings. The van der Waals surface area contributed by atoms with Gasteiger partial charge in [-0.2, -0.15) is 0 Å². The van der Waals surface area contributed by atoms with Gasteiger partial charge in [-0.1, -0.05) is 30.8 Å². The van der Waals surface area contributed by atoms with E-state index in [-0.39, 0.29) is 5.97 Å². The topological polar surface area (TPSA) is 55.6 Å². The van der Waals surface area contributed by atoms with E-state index >= 15 is 0 Å². The minimum atomic E-state index is -0.107. The molecule has 0 fully saturated rings. The summed E-state index contributed by atoms with van der Waals surface area (Å²) in [4.78, 5) is 13.8. The smallest absolute Gasteiger partial charge is 0.305 e. The monoisotopic (exact) mass is 308 g/mol. The van der Waals surface area contributed by atoms with Crippen molar-refractivity contribution in [2.75, 3.05) is 25.1 Å². The zero-order chi connectivity index (χ0) is 15.7. The van der Waals surface area contributed by atoms with Crippen LogP contribution in [0.5, 0.6) is 0 Å². The maximum atomic E-state index is 11.2. The predicted molar refractivity (Wildman–Crippen MR) is 90.7 cm³/mol. The Morgan fingerprint density at radius 2 is 2.00 bits per heavy atom. The van der Waals surface area contributed by atoms with Crippen molar-refractivity contribution < 1.29 is 9.53 Å². The van der Waals surface area contributed by atoms with E-state index in [0.717, 1.165) is 37.1 Å².